The highest BCUT2D eigenvalue weighted by Gasteiger charge is 2.38. The second-order valence-electron chi connectivity index (χ2n) is 4.28. The van der Waals surface area contributed by atoms with Crippen LogP contribution >= 0.6 is 0 Å². The zero-order chi connectivity index (χ0) is 13.9. The molecule has 0 saturated heterocycles. The van der Waals surface area contributed by atoms with Gasteiger partial charge in [0.2, 0.25) is 0 Å². The van der Waals surface area contributed by atoms with Crippen molar-refractivity contribution in [3.63, 3.8) is 0 Å². The molecule has 0 spiro atoms. The molecule has 0 bridgehead atoms. The van der Waals surface area contributed by atoms with E-state index < -0.39 is 23.4 Å². The van der Waals surface area contributed by atoms with Gasteiger partial charge in [0.1, 0.15) is 11.4 Å². The van der Waals surface area contributed by atoms with Crippen molar-refractivity contribution in [3.8, 4) is 0 Å². The number of aromatic nitrogens is 2. The Balaban J connectivity index is 3.10. The van der Waals surface area contributed by atoms with E-state index in [0.717, 1.165) is 0 Å². The maximum absolute atomic E-state index is 12.6. The van der Waals surface area contributed by atoms with Crippen molar-refractivity contribution in [1.29, 1.82) is 0 Å². The molecule has 7 heteroatoms. The van der Waals surface area contributed by atoms with Crippen LogP contribution in [0.15, 0.2) is 6.20 Å². The lowest BCUT2D eigenvalue weighted by molar-refractivity contribution is -0.141. The van der Waals surface area contributed by atoms with Crippen molar-refractivity contribution in [2.75, 3.05) is 0 Å². The van der Waals surface area contributed by atoms with Crippen LogP contribution in [0.3, 0.4) is 0 Å². The molecular formula is C11H13F3N2O2. The number of carbonyl (C=O) groups is 1. The second-order valence-corrected chi connectivity index (χ2v) is 4.28. The monoisotopic (exact) mass is 262 g/mol. The Morgan fingerprint density at radius 3 is 2.50 bits per heavy atom. The summed E-state index contributed by atoms with van der Waals surface area (Å²) < 4.78 is 37.9. The first kappa shape index (κ1) is 14.4. The van der Waals surface area contributed by atoms with Crippen LogP contribution in [-0.4, -0.2) is 21.0 Å². The molecule has 1 aromatic rings. The molecule has 18 heavy (non-hydrogen) atoms. The van der Waals surface area contributed by atoms with Crippen molar-refractivity contribution in [2.24, 2.45) is 5.92 Å². The number of hydrogen-bond donors (Lipinski definition) is 1. The molecule has 1 aromatic heterocycles. The van der Waals surface area contributed by atoms with Gasteiger partial charge in [-0.05, 0) is 12.3 Å². The Morgan fingerprint density at radius 2 is 2.06 bits per heavy atom. The summed E-state index contributed by atoms with van der Waals surface area (Å²) in [4.78, 5) is 17.6. The minimum Gasteiger partial charge on any atom is -0.478 e. The predicted molar refractivity (Wildman–Crippen MR) is 57.2 cm³/mol. The number of carboxylic acids is 1. The molecule has 100 valence electrons. The molecule has 1 rings (SSSR count). The van der Waals surface area contributed by atoms with E-state index in [9.17, 15) is 18.0 Å². The molecular weight excluding hydrogens is 249 g/mol. The molecule has 1 N–H and O–H groups in total. The fourth-order valence-electron chi connectivity index (χ4n) is 1.33. The maximum atomic E-state index is 12.6. The SMILES string of the molecule is CC(C)CCc1ncc(C(=O)O)c(C(F)(F)F)n1. The average Bonchev–Trinajstić information content (AvgIpc) is 2.24. The number of aryl methyl sites for hydroxylation is 1. The number of carboxylic acid groups (broad SMARTS) is 1. The summed E-state index contributed by atoms with van der Waals surface area (Å²) in [5.41, 5.74) is -2.31. The average molecular weight is 262 g/mol. The molecule has 0 radical (unpaired) electrons. The Kier molecular flexibility index (Phi) is 4.26. The fourth-order valence-corrected chi connectivity index (χ4v) is 1.33. The van der Waals surface area contributed by atoms with Crippen LogP contribution < -0.4 is 0 Å². The lowest BCUT2D eigenvalue weighted by atomic mass is 10.1. The van der Waals surface area contributed by atoms with Crippen molar-refractivity contribution in [2.45, 2.75) is 32.9 Å². The first-order valence-electron chi connectivity index (χ1n) is 5.38. The molecule has 0 amide bonds. The maximum Gasteiger partial charge on any atom is 0.434 e. The molecule has 0 atom stereocenters. The van der Waals surface area contributed by atoms with Crippen LogP contribution in [0.4, 0.5) is 13.2 Å². The van der Waals surface area contributed by atoms with Crippen molar-refractivity contribution in [3.05, 3.63) is 23.3 Å². The summed E-state index contributed by atoms with van der Waals surface area (Å²) in [7, 11) is 0. The normalized spacial score (nSPS) is 11.9. The Morgan fingerprint density at radius 1 is 1.44 bits per heavy atom. The highest BCUT2D eigenvalue weighted by Crippen LogP contribution is 2.30. The third-order valence-corrected chi connectivity index (χ3v) is 2.28. The molecule has 0 aliphatic rings. The van der Waals surface area contributed by atoms with Crippen molar-refractivity contribution in [1.82, 2.24) is 9.97 Å². The van der Waals surface area contributed by atoms with Gasteiger partial charge in [0.05, 0.1) is 0 Å². The molecule has 0 aliphatic carbocycles. The summed E-state index contributed by atoms with van der Waals surface area (Å²) in [6.07, 6.45) is -3.14. The molecule has 0 aliphatic heterocycles. The summed E-state index contributed by atoms with van der Waals surface area (Å²) >= 11 is 0. The number of aromatic carboxylic acids is 1. The van der Waals surface area contributed by atoms with E-state index in [1.807, 2.05) is 13.8 Å². The lowest BCUT2D eigenvalue weighted by Gasteiger charge is -2.10. The van der Waals surface area contributed by atoms with Crippen LogP contribution in [0.25, 0.3) is 0 Å². The van der Waals surface area contributed by atoms with Crippen LogP contribution in [0, 0.1) is 5.92 Å². The van der Waals surface area contributed by atoms with Gasteiger partial charge in [0.15, 0.2) is 5.69 Å². The van der Waals surface area contributed by atoms with Crippen LogP contribution in [0.2, 0.25) is 0 Å². The van der Waals surface area contributed by atoms with Crippen LogP contribution in [0.5, 0.6) is 0 Å². The van der Waals surface area contributed by atoms with E-state index in [-0.39, 0.29) is 5.82 Å². The highest BCUT2D eigenvalue weighted by atomic mass is 19.4. The van der Waals surface area contributed by atoms with E-state index >= 15 is 0 Å². The van der Waals surface area contributed by atoms with E-state index in [4.69, 9.17) is 5.11 Å². The van der Waals surface area contributed by atoms with Crippen LogP contribution in [-0.2, 0) is 12.6 Å². The molecule has 1 heterocycles. The van der Waals surface area contributed by atoms with Crippen molar-refractivity contribution < 1.29 is 23.1 Å². The third-order valence-electron chi connectivity index (χ3n) is 2.28. The zero-order valence-corrected chi connectivity index (χ0v) is 9.95. The largest absolute Gasteiger partial charge is 0.478 e. The quantitative estimate of drug-likeness (QED) is 0.906. The van der Waals surface area contributed by atoms with E-state index in [1.165, 1.54) is 0 Å². The van der Waals surface area contributed by atoms with E-state index in [1.54, 1.807) is 0 Å². The van der Waals surface area contributed by atoms with Gasteiger partial charge >= 0.3 is 12.1 Å². The smallest absolute Gasteiger partial charge is 0.434 e. The first-order valence-corrected chi connectivity index (χ1v) is 5.38. The Hall–Kier alpha value is -1.66. The van der Waals surface area contributed by atoms with Gasteiger partial charge in [0, 0.05) is 12.6 Å². The molecule has 0 saturated carbocycles. The molecule has 0 fully saturated rings. The summed E-state index contributed by atoms with van der Waals surface area (Å²) in [6.45, 7) is 3.85. The molecule has 4 nitrogen and oxygen atoms in total. The minimum atomic E-state index is -4.79. The van der Waals surface area contributed by atoms with E-state index in [0.29, 0.717) is 25.0 Å². The van der Waals surface area contributed by atoms with Gasteiger partial charge in [-0.25, -0.2) is 14.8 Å². The summed E-state index contributed by atoms with van der Waals surface area (Å²) in [5, 5.41) is 8.66. The minimum absolute atomic E-state index is 0.0148. The standard InChI is InChI=1S/C11H13F3N2O2/c1-6(2)3-4-8-15-5-7(10(17)18)9(16-8)11(12,13)14/h5-6H,3-4H2,1-2H3,(H,17,18). The lowest BCUT2D eigenvalue weighted by Crippen LogP contribution is -2.17. The number of halogens is 3. The van der Waals surface area contributed by atoms with E-state index in [2.05, 4.69) is 9.97 Å². The fraction of sp³-hybridized carbons (Fsp3) is 0.545. The van der Waals surface area contributed by atoms with Gasteiger partial charge in [-0.1, -0.05) is 13.8 Å². The Labute approximate surface area is 102 Å². The number of alkyl halides is 3. The highest BCUT2D eigenvalue weighted by molar-refractivity contribution is 5.88. The topological polar surface area (TPSA) is 63.1 Å². The number of hydrogen-bond acceptors (Lipinski definition) is 3. The van der Waals surface area contributed by atoms with Gasteiger partial charge in [0.25, 0.3) is 0 Å². The summed E-state index contributed by atoms with van der Waals surface area (Å²) in [5.74, 6) is -1.36. The first-order chi connectivity index (χ1) is 8.21. The summed E-state index contributed by atoms with van der Waals surface area (Å²) in [6, 6.07) is 0. The predicted octanol–water partition coefficient (Wildman–Crippen LogP) is 2.78. The van der Waals surface area contributed by atoms with Crippen LogP contribution in [0.1, 0.15) is 42.1 Å². The van der Waals surface area contributed by atoms with Crippen molar-refractivity contribution >= 4 is 5.97 Å². The Bertz CT molecular complexity index is 444. The van der Waals surface area contributed by atoms with Gasteiger partial charge in [-0.15, -0.1) is 0 Å². The zero-order valence-electron chi connectivity index (χ0n) is 9.95. The van der Waals surface area contributed by atoms with Gasteiger partial charge in [-0.3, -0.25) is 0 Å². The number of rotatable bonds is 4. The molecule has 0 unspecified atom stereocenters. The second kappa shape index (κ2) is 5.32. The van der Waals surface area contributed by atoms with Gasteiger partial charge < -0.3 is 5.11 Å². The number of nitrogens with zero attached hydrogens (tertiary/aromatic N) is 2. The third kappa shape index (κ3) is 3.68. The molecule has 0 aromatic carbocycles. The van der Waals surface area contributed by atoms with Gasteiger partial charge in [-0.2, -0.15) is 13.2 Å².